The van der Waals surface area contributed by atoms with Crippen molar-refractivity contribution in [2.24, 2.45) is 16.4 Å². The highest BCUT2D eigenvalue weighted by Crippen LogP contribution is 2.62. The Bertz CT molecular complexity index is 1870. The van der Waals surface area contributed by atoms with Crippen LogP contribution in [0.5, 0.6) is 5.75 Å². The maximum absolute atomic E-state index is 14.8. The molecule has 0 N–H and O–H groups in total. The average molecular weight is 595 g/mol. The van der Waals surface area contributed by atoms with Crippen molar-refractivity contribution < 1.29 is 28.2 Å². The number of rotatable bonds is 4. The van der Waals surface area contributed by atoms with Crippen LogP contribution >= 0.6 is 0 Å². The van der Waals surface area contributed by atoms with Gasteiger partial charge in [0.15, 0.2) is 11.5 Å². The molecule has 11 heteroatoms. The van der Waals surface area contributed by atoms with Gasteiger partial charge < -0.3 is 9.26 Å². The Labute approximate surface area is 251 Å². The molecule has 1 amide bonds. The summed E-state index contributed by atoms with van der Waals surface area (Å²) >= 11 is 0. The molecule has 1 fully saturated rings. The molecule has 3 aromatic carbocycles. The molecule has 222 valence electrons. The summed E-state index contributed by atoms with van der Waals surface area (Å²) in [6.45, 7) is 5.05. The number of halogens is 1. The van der Waals surface area contributed by atoms with Crippen LogP contribution in [0.3, 0.4) is 0 Å². The average Bonchev–Trinajstić information content (AvgIpc) is 3.51. The molecule has 3 heterocycles. The van der Waals surface area contributed by atoms with Gasteiger partial charge >= 0.3 is 5.69 Å². The number of nitrogens with zero attached hydrogens (tertiary/aromatic N) is 4. The summed E-state index contributed by atoms with van der Waals surface area (Å²) < 4.78 is 26.6. The van der Waals surface area contributed by atoms with Gasteiger partial charge in [0, 0.05) is 5.92 Å². The number of fused-ring (bicyclic) bond motifs is 2. The van der Waals surface area contributed by atoms with Gasteiger partial charge in [-0.25, -0.2) is 4.39 Å². The molecule has 1 spiro atoms. The predicted octanol–water partition coefficient (Wildman–Crippen LogP) is 6.28. The Morgan fingerprint density at radius 3 is 2.45 bits per heavy atom. The normalized spacial score (nSPS) is 25.8. The zero-order valence-corrected chi connectivity index (χ0v) is 24.1. The van der Waals surface area contributed by atoms with Gasteiger partial charge in [-0.15, -0.1) is 0 Å². The number of ketones is 1. The first-order chi connectivity index (χ1) is 21.1. The Balaban J connectivity index is 1.52. The van der Waals surface area contributed by atoms with Crippen LogP contribution in [0.4, 0.5) is 15.8 Å². The lowest BCUT2D eigenvalue weighted by molar-refractivity contribution is -0.387. The molecule has 10 nitrogen and oxygen atoms in total. The fraction of sp³-hybridized carbons (Fsp3) is 0.273. The summed E-state index contributed by atoms with van der Waals surface area (Å²) in [6, 6.07) is 19.8. The number of aryl methyl sites for hydroxylation is 2. The Morgan fingerprint density at radius 1 is 1.02 bits per heavy atom. The summed E-state index contributed by atoms with van der Waals surface area (Å²) in [5.41, 5.74) is 0.927. The summed E-state index contributed by atoms with van der Waals surface area (Å²) in [5, 5.41) is 22.4. The summed E-state index contributed by atoms with van der Waals surface area (Å²) in [4.78, 5) is 41.0. The third-order valence-electron chi connectivity index (χ3n) is 9.22. The molecular weight excluding hydrogens is 567 g/mol. The molecule has 7 rings (SSSR count). The number of nitro groups is 1. The monoisotopic (exact) mass is 594 g/mol. The van der Waals surface area contributed by atoms with Gasteiger partial charge in [-0.3, -0.25) is 19.7 Å². The molecule has 5 atom stereocenters. The van der Waals surface area contributed by atoms with Crippen LogP contribution in [0.25, 0.3) is 0 Å². The van der Waals surface area contributed by atoms with Gasteiger partial charge in [-0.1, -0.05) is 47.1 Å². The van der Waals surface area contributed by atoms with Crippen molar-refractivity contribution >= 4 is 28.8 Å². The molecule has 0 bridgehead atoms. The molecule has 2 aliphatic heterocycles. The minimum Gasteiger partial charge on any atom is -0.488 e. The van der Waals surface area contributed by atoms with Crippen molar-refractivity contribution in [2.45, 2.75) is 45.1 Å². The van der Waals surface area contributed by atoms with E-state index in [1.54, 1.807) is 55.5 Å². The molecule has 3 aliphatic rings. The summed E-state index contributed by atoms with van der Waals surface area (Å²) in [5.74, 6) is -3.74. The van der Waals surface area contributed by atoms with Crippen molar-refractivity contribution in [1.29, 1.82) is 0 Å². The lowest BCUT2D eigenvalue weighted by atomic mass is 9.52. The number of para-hydroxylation sites is 1. The van der Waals surface area contributed by atoms with E-state index in [0.717, 1.165) is 5.56 Å². The van der Waals surface area contributed by atoms with Gasteiger partial charge in [0.05, 0.1) is 39.1 Å². The second-order valence-electron chi connectivity index (χ2n) is 11.7. The van der Waals surface area contributed by atoms with Crippen LogP contribution in [0.1, 0.15) is 58.1 Å². The van der Waals surface area contributed by atoms with Crippen molar-refractivity contribution in [3.63, 3.8) is 0 Å². The first-order valence-corrected chi connectivity index (χ1v) is 14.2. The number of Topliss-reactive ketones (excluding diaryl/α,β-unsaturated/α-hetero) is 1. The van der Waals surface area contributed by atoms with Crippen LogP contribution in [0, 0.1) is 41.1 Å². The number of hydrogen-bond acceptors (Lipinski definition) is 8. The maximum atomic E-state index is 14.8. The topological polar surface area (TPSA) is 128 Å². The highest BCUT2D eigenvalue weighted by atomic mass is 19.1. The van der Waals surface area contributed by atoms with E-state index in [4.69, 9.17) is 14.4 Å². The SMILES string of the molecule is CC1=NN(c2ccccc2)C(=O)[C@]12C[C@@H]1C(=O)c3cc(C)ccc3O[C@H]1[C@H](c1onc(C)c1[N+](=O)[O-])[C@H]2c1ccc(F)cc1. The molecule has 44 heavy (non-hydrogen) atoms. The van der Waals surface area contributed by atoms with E-state index >= 15 is 0 Å². The van der Waals surface area contributed by atoms with Crippen LogP contribution < -0.4 is 9.75 Å². The van der Waals surface area contributed by atoms with Crippen LogP contribution in [-0.2, 0) is 4.79 Å². The maximum Gasteiger partial charge on any atom is 0.334 e. The van der Waals surface area contributed by atoms with E-state index in [2.05, 4.69) is 5.16 Å². The molecule has 0 saturated heterocycles. The van der Waals surface area contributed by atoms with E-state index in [1.165, 1.54) is 24.1 Å². The standard InChI is InChI=1S/C33H27FN4O6/c1-17-9-14-25-23(15-17)29(39)24-16-33(19(3)35-37(32(33)40)22-7-5-4-6-8-22)27(20-10-12-21(34)13-11-20)26(30(24)43-25)31-28(38(41)42)18(2)36-44-31/h4-15,24,26-27,30H,16H2,1-3H3/t24-,26-,27-,30-,33-/m1/s1. The summed E-state index contributed by atoms with van der Waals surface area (Å²) in [7, 11) is 0. The Morgan fingerprint density at radius 2 is 1.75 bits per heavy atom. The van der Waals surface area contributed by atoms with Gasteiger partial charge in [-0.05, 0) is 69.2 Å². The number of carbonyl (C=O) groups excluding carboxylic acids is 2. The van der Waals surface area contributed by atoms with E-state index < -0.39 is 45.9 Å². The van der Waals surface area contributed by atoms with Crippen LogP contribution in [-0.4, -0.2) is 33.6 Å². The summed E-state index contributed by atoms with van der Waals surface area (Å²) in [6.07, 6.45) is -0.947. The first-order valence-electron chi connectivity index (χ1n) is 14.2. The van der Waals surface area contributed by atoms with E-state index in [-0.39, 0.29) is 29.3 Å². The first kappa shape index (κ1) is 27.6. The zero-order chi connectivity index (χ0) is 30.9. The number of hydrazone groups is 1. The highest BCUT2D eigenvalue weighted by Gasteiger charge is 2.67. The number of benzene rings is 3. The molecule has 1 saturated carbocycles. The van der Waals surface area contributed by atoms with Gasteiger partial charge in [0.2, 0.25) is 5.76 Å². The third-order valence-corrected chi connectivity index (χ3v) is 9.22. The lowest BCUT2D eigenvalue weighted by Crippen LogP contribution is -2.58. The quantitative estimate of drug-likeness (QED) is 0.201. The Kier molecular flexibility index (Phi) is 6.24. The smallest absolute Gasteiger partial charge is 0.334 e. The van der Waals surface area contributed by atoms with Crippen molar-refractivity contribution in [2.75, 3.05) is 5.01 Å². The third kappa shape index (κ3) is 3.91. The van der Waals surface area contributed by atoms with Gasteiger partial charge in [0.1, 0.15) is 17.7 Å². The molecule has 1 aliphatic carbocycles. The van der Waals surface area contributed by atoms with Crippen LogP contribution in [0.2, 0.25) is 0 Å². The molecule has 1 aromatic heterocycles. The van der Waals surface area contributed by atoms with Crippen molar-refractivity contribution in [3.05, 3.63) is 117 Å². The number of amides is 1. The minimum absolute atomic E-state index is 0.0147. The second kappa shape index (κ2) is 9.94. The number of ether oxygens (including phenoxy) is 1. The number of carbonyl (C=O) groups is 2. The fourth-order valence-corrected chi connectivity index (χ4v) is 7.27. The number of anilines is 1. The van der Waals surface area contributed by atoms with Crippen molar-refractivity contribution in [3.8, 4) is 5.75 Å². The largest absolute Gasteiger partial charge is 0.488 e. The van der Waals surface area contributed by atoms with E-state index in [1.807, 2.05) is 19.1 Å². The Hall–Kier alpha value is -5.19. The molecular formula is C33H27FN4O6. The second-order valence-corrected chi connectivity index (χ2v) is 11.7. The molecule has 0 unspecified atom stereocenters. The van der Waals surface area contributed by atoms with Gasteiger partial charge in [-0.2, -0.15) is 10.1 Å². The van der Waals surface area contributed by atoms with E-state index in [0.29, 0.717) is 28.3 Å². The van der Waals surface area contributed by atoms with E-state index in [9.17, 15) is 24.1 Å². The lowest BCUT2D eigenvalue weighted by Gasteiger charge is -2.51. The van der Waals surface area contributed by atoms with Gasteiger partial charge in [0.25, 0.3) is 5.91 Å². The molecule has 4 aromatic rings. The number of hydrogen-bond donors (Lipinski definition) is 0. The van der Waals surface area contributed by atoms with Crippen molar-refractivity contribution in [1.82, 2.24) is 5.16 Å². The zero-order valence-electron chi connectivity index (χ0n) is 24.1. The minimum atomic E-state index is -1.46. The molecule has 0 radical (unpaired) electrons. The predicted molar refractivity (Wildman–Crippen MR) is 157 cm³/mol. The fourth-order valence-electron chi connectivity index (χ4n) is 7.27. The number of aromatic nitrogens is 1. The van der Waals surface area contributed by atoms with Crippen LogP contribution in [0.15, 0.2) is 82.4 Å². The highest BCUT2D eigenvalue weighted by molar-refractivity contribution is 6.20.